The van der Waals surface area contributed by atoms with Gasteiger partial charge in [-0.15, -0.1) is 0 Å². The maximum atomic E-state index is 11.3. The van der Waals surface area contributed by atoms with Gasteiger partial charge in [-0.1, -0.05) is 36.4 Å². The van der Waals surface area contributed by atoms with E-state index in [9.17, 15) is 13.0 Å². The van der Waals surface area contributed by atoms with E-state index in [4.69, 9.17) is 0 Å². The van der Waals surface area contributed by atoms with Crippen LogP contribution in [0, 0.1) is 0 Å². The van der Waals surface area contributed by atoms with Gasteiger partial charge in [0.15, 0.2) is 10.3 Å². The monoisotopic (exact) mass is 287 g/mol. The normalized spacial score (nSPS) is 10.5. The average Bonchev–Trinajstić information content (AvgIpc) is 2.30. The molecular formula is C12H10KNO3S. The summed E-state index contributed by atoms with van der Waals surface area (Å²) in [6, 6.07) is 16.5. The summed E-state index contributed by atoms with van der Waals surface area (Å²) in [5.41, 5.74) is 0.655. The number of hydrogen-bond acceptors (Lipinski definition) is 3. The Bertz CT molecular complexity index is 548. The zero-order valence-electron chi connectivity index (χ0n) is 9.85. The molecule has 0 N–H and O–H groups in total. The minimum absolute atomic E-state index is 0. The second kappa shape index (κ2) is 6.81. The van der Waals surface area contributed by atoms with E-state index in [1.165, 1.54) is 0 Å². The van der Waals surface area contributed by atoms with Gasteiger partial charge in [0.1, 0.15) is 0 Å². The summed E-state index contributed by atoms with van der Waals surface area (Å²) in [7, 11) is -4.59. The Morgan fingerprint density at radius 3 is 1.39 bits per heavy atom. The number of nitrogens with zero attached hydrogens (tertiary/aromatic N) is 1. The summed E-state index contributed by atoms with van der Waals surface area (Å²) < 4.78 is 34.7. The first-order valence-electron chi connectivity index (χ1n) is 4.95. The van der Waals surface area contributed by atoms with Gasteiger partial charge in [0, 0.05) is 0 Å². The summed E-state index contributed by atoms with van der Waals surface area (Å²) in [4.78, 5) is 0. The number of hydrogen-bond donors (Lipinski definition) is 0. The van der Waals surface area contributed by atoms with Crippen molar-refractivity contribution in [2.45, 2.75) is 0 Å². The Balaban J connectivity index is 0.00000162. The molecule has 2 aromatic carbocycles. The van der Waals surface area contributed by atoms with Crippen LogP contribution in [-0.2, 0) is 10.3 Å². The molecule has 18 heavy (non-hydrogen) atoms. The largest absolute Gasteiger partial charge is 1.00 e. The molecule has 0 aliphatic carbocycles. The molecule has 0 saturated heterocycles. The molecule has 0 radical (unpaired) electrons. The van der Waals surface area contributed by atoms with Crippen molar-refractivity contribution < 1.29 is 64.4 Å². The van der Waals surface area contributed by atoms with Gasteiger partial charge < -0.3 is 4.55 Å². The number of anilines is 2. The molecule has 0 bridgehead atoms. The third-order valence-corrected chi connectivity index (χ3v) is 3.07. The van der Waals surface area contributed by atoms with Gasteiger partial charge >= 0.3 is 51.4 Å². The molecule has 0 fully saturated rings. The first kappa shape index (κ1) is 15.8. The van der Waals surface area contributed by atoms with Crippen molar-refractivity contribution in [3.8, 4) is 0 Å². The van der Waals surface area contributed by atoms with Crippen molar-refractivity contribution in [1.82, 2.24) is 0 Å². The van der Waals surface area contributed by atoms with Crippen LogP contribution in [0.1, 0.15) is 0 Å². The van der Waals surface area contributed by atoms with Crippen molar-refractivity contribution in [1.29, 1.82) is 0 Å². The summed E-state index contributed by atoms with van der Waals surface area (Å²) >= 11 is 0. The summed E-state index contributed by atoms with van der Waals surface area (Å²) in [6.07, 6.45) is 0. The van der Waals surface area contributed by atoms with E-state index in [1.807, 2.05) is 0 Å². The van der Waals surface area contributed by atoms with E-state index in [0.717, 1.165) is 4.31 Å². The van der Waals surface area contributed by atoms with E-state index in [-0.39, 0.29) is 51.4 Å². The van der Waals surface area contributed by atoms with Crippen LogP contribution >= 0.6 is 0 Å². The maximum Gasteiger partial charge on any atom is 1.00 e. The topological polar surface area (TPSA) is 60.4 Å². The summed E-state index contributed by atoms with van der Waals surface area (Å²) in [6.45, 7) is 0. The van der Waals surface area contributed by atoms with Crippen LogP contribution in [0.2, 0.25) is 0 Å². The zero-order valence-corrected chi connectivity index (χ0v) is 13.8. The molecule has 0 amide bonds. The third-order valence-electron chi connectivity index (χ3n) is 2.21. The van der Waals surface area contributed by atoms with Crippen LogP contribution in [0.15, 0.2) is 60.7 Å². The molecule has 6 heteroatoms. The van der Waals surface area contributed by atoms with Crippen LogP contribution in [0.5, 0.6) is 0 Å². The van der Waals surface area contributed by atoms with E-state index in [2.05, 4.69) is 0 Å². The second-order valence-electron chi connectivity index (χ2n) is 3.39. The van der Waals surface area contributed by atoms with Crippen molar-refractivity contribution in [3.63, 3.8) is 0 Å². The van der Waals surface area contributed by atoms with Gasteiger partial charge in [-0.3, -0.25) is 0 Å². The van der Waals surface area contributed by atoms with Gasteiger partial charge in [0.25, 0.3) is 0 Å². The molecular weight excluding hydrogens is 277 g/mol. The van der Waals surface area contributed by atoms with Crippen LogP contribution in [0.25, 0.3) is 0 Å². The van der Waals surface area contributed by atoms with Crippen LogP contribution in [-0.4, -0.2) is 13.0 Å². The minimum Gasteiger partial charge on any atom is -0.731 e. The Morgan fingerprint density at radius 1 is 0.778 bits per heavy atom. The molecule has 0 unspecified atom stereocenters. The molecule has 0 aromatic heterocycles. The summed E-state index contributed by atoms with van der Waals surface area (Å²) in [5.74, 6) is 0. The Kier molecular flexibility index (Phi) is 5.99. The standard InChI is InChI=1S/C12H11NO3S.K/c14-17(15,16)13(11-7-3-1-4-8-11)12-9-5-2-6-10-12;/h1-10H,(H,14,15,16);/q;+1/p-1. The number of rotatable bonds is 3. The molecule has 4 nitrogen and oxygen atoms in total. The molecule has 0 heterocycles. The van der Waals surface area contributed by atoms with E-state index >= 15 is 0 Å². The first-order valence-corrected chi connectivity index (χ1v) is 6.32. The number of benzene rings is 2. The maximum absolute atomic E-state index is 11.3. The smallest absolute Gasteiger partial charge is 0.731 e. The predicted molar refractivity (Wildman–Crippen MR) is 64.7 cm³/mol. The molecule has 88 valence electrons. The zero-order chi connectivity index (χ0) is 12.3. The van der Waals surface area contributed by atoms with Crippen molar-refractivity contribution >= 4 is 21.7 Å². The fourth-order valence-corrected chi connectivity index (χ4v) is 2.29. The van der Waals surface area contributed by atoms with E-state index < -0.39 is 10.3 Å². The molecule has 0 spiro atoms. The summed E-state index contributed by atoms with van der Waals surface area (Å²) in [5, 5.41) is 0. The van der Waals surface area contributed by atoms with Gasteiger partial charge in [0.05, 0.1) is 11.4 Å². The van der Waals surface area contributed by atoms with E-state index in [0.29, 0.717) is 11.4 Å². The molecule has 0 aliphatic rings. The Labute approximate surface area is 149 Å². The average molecular weight is 287 g/mol. The van der Waals surface area contributed by atoms with E-state index in [1.54, 1.807) is 60.7 Å². The minimum atomic E-state index is -4.59. The molecule has 0 aliphatic heterocycles. The molecule has 2 aromatic rings. The second-order valence-corrected chi connectivity index (χ2v) is 4.61. The predicted octanol–water partition coefficient (Wildman–Crippen LogP) is -0.711. The van der Waals surface area contributed by atoms with Crippen LogP contribution in [0.3, 0.4) is 0 Å². The SMILES string of the molecule is O=S(=O)([O-])N(c1ccccc1)c1ccccc1.[K+]. The quantitative estimate of drug-likeness (QED) is 0.553. The fourth-order valence-electron chi connectivity index (χ4n) is 1.53. The molecule has 0 saturated carbocycles. The van der Waals surface area contributed by atoms with Crippen LogP contribution < -0.4 is 55.7 Å². The van der Waals surface area contributed by atoms with Gasteiger partial charge in [-0.2, -0.15) is 0 Å². The van der Waals surface area contributed by atoms with Gasteiger partial charge in [-0.25, -0.2) is 12.7 Å². The molecule has 2 rings (SSSR count). The molecule has 0 atom stereocenters. The van der Waals surface area contributed by atoms with Crippen molar-refractivity contribution in [2.75, 3.05) is 4.31 Å². The van der Waals surface area contributed by atoms with Crippen molar-refractivity contribution in [2.24, 2.45) is 0 Å². The van der Waals surface area contributed by atoms with Gasteiger partial charge in [0.2, 0.25) is 0 Å². The van der Waals surface area contributed by atoms with Crippen LogP contribution in [0.4, 0.5) is 11.4 Å². The van der Waals surface area contributed by atoms with Crippen molar-refractivity contribution in [3.05, 3.63) is 60.7 Å². The Morgan fingerprint density at radius 2 is 1.11 bits per heavy atom. The Hall–Kier alpha value is -0.214. The number of para-hydroxylation sites is 2. The first-order chi connectivity index (χ1) is 8.09. The fraction of sp³-hybridized carbons (Fsp3) is 0. The van der Waals surface area contributed by atoms with Gasteiger partial charge in [-0.05, 0) is 24.3 Å². The third kappa shape index (κ3) is 3.89.